The number of benzene rings is 2. The van der Waals surface area contributed by atoms with E-state index in [9.17, 15) is 0 Å². The second kappa shape index (κ2) is 6.44. The van der Waals surface area contributed by atoms with Gasteiger partial charge in [-0.1, -0.05) is 48.5 Å². The summed E-state index contributed by atoms with van der Waals surface area (Å²) in [4.78, 5) is 0. The highest BCUT2D eigenvalue weighted by Crippen LogP contribution is 2.33. The van der Waals surface area contributed by atoms with Crippen LogP contribution in [0.4, 0.5) is 0 Å². The summed E-state index contributed by atoms with van der Waals surface area (Å²) in [6, 6.07) is 22.4. The largest absolute Gasteiger partial charge is 0.454 e. The number of nitrogens with zero attached hydrogens (tertiary/aromatic N) is 2. The number of furan rings is 1. The Balaban J connectivity index is 1.56. The zero-order valence-electron chi connectivity index (χ0n) is 14.2. The molecule has 1 aliphatic rings. The third-order valence-corrected chi connectivity index (χ3v) is 4.55. The van der Waals surface area contributed by atoms with Crippen molar-refractivity contribution in [1.82, 2.24) is 9.78 Å². The topological polar surface area (TPSA) is 49.4 Å². The van der Waals surface area contributed by atoms with Gasteiger partial charge in [0.15, 0.2) is 11.5 Å². The molecule has 4 aromatic rings. The van der Waals surface area contributed by atoms with E-state index in [2.05, 4.69) is 24.3 Å². The van der Waals surface area contributed by atoms with Crippen LogP contribution >= 0.6 is 0 Å². The smallest absolute Gasteiger partial charge is 0.217 e. The normalized spacial score (nSPS) is 15.1. The van der Waals surface area contributed by atoms with Gasteiger partial charge in [0.05, 0.1) is 25.3 Å². The fraction of sp³-hybridized carbons (Fsp3) is 0.190. The first-order valence-corrected chi connectivity index (χ1v) is 8.71. The van der Waals surface area contributed by atoms with Gasteiger partial charge in [0.25, 0.3) is 0 Å². The van der Waals surface area contributed by atoms with Gasteiger partial charge in [-0.05, 0) is 23.8 Å². The molecule has 0 amide bonds. The molecule has 5 rings (SSSR count). The van der Waals surface area contributed by atoms with Crippen LogP contribution in [-0.4, -0.2) is 23.0 Å². The van der Waals surface area contributed by atoms with Crippen LogP contribution in [0.15, 0.2) is 71.1 Å². The number of aromatic nitrogens is 2. The average molecular weight is 346 g/mol. The molecule has 1 saturated heterocycles. The molecule has 2 aromatic carbocycles. The summed E-state index contributed by atoms with van der Waals surface area (Å²) in [7, 11) is 0. The van der Waals surface area contributed by atoms with Gasteiger partial charge in [-0.15, -0.1) is 0 Å². The predicted molar refractivity (Wildman–Crippen MR) is 97.6 cm³/mol. The van der Waals surface area contributed by atoms with Crippen LogP contribution in [0.25, 0.3) is 22.4 Å². The molecule has 5 heteroatoms. The lowest BCUT2D eigenvalue weighted by molar-refractivity contribution is -0.0585. The van der Waals surface area contributed by atoms with Gasteiger partial charge < -0.3 is 13.9 Å². The number of hydrogen-bond donors (Lipinski definition) is 0. The van der Waals surface area contributed by atoms with Crippen molar-refractivity contribution in [3.63, 3.8) is 0 Å². The Hall–Kier alpha value is -2.89. The maximum Gasteiger partial charge on any atom is 0.217 e. The quantitative estimate of drug-likeness (QED) is 0.550. The lowest BCUT2D eigenvalue weighted by atomic mass is 10.2. The van der Waals surface area contributed by atoms with E-state index in [0.717, 1.165) is 22.4 Å². The van der Waals surface area contributed by atoms with E-state index in [1.165, 1.54) is 5.56 Å². The molecule has 1 fully saturated rings. The summed E-state index contributed by atoms with van der Waals surface area (Å²) in [5.74, 6) is 1.40. The highest BCUT2D eigenvalue weighted by atomic mass is 16.7. The molecule has 0 unspecified atom stereocenters. The molecule has 0 N–H and O–H groups in total. The molecule has 0 bridgehead atoms. The second-order valence-electron chi connectivity index (χ2n) is 6.28. The summed E-state index contributed by atoms with van der Waals surface area (Å²) in [5, 5.41) is 5.90. The van der Waals surface area contributed by atoms with E-state index in [0.29, 0.717) is 25.5 Å². The molecule has 0 spiro atoms. The molecule has 0 aliphatic carbocycles. The SMILES string of the molecule is c1ccc(Cn2nc(-c3ccc(C4OCCO4)o3)c3ccccc32)cc1. The minimum atomic E-state index is -0.415. The molecule has 3 heterocycles. The molecule has 5 nitrogen and oxygen atoms in total. The van der Waals surface area contributed by atoms with E-state index in [-0.39, 0.29) is 0 Å². The third kappa shape index (κ3) is 2.71. The average Bonchev–Trinajstić information content (AvgIpc) is 3.42. The van der Waals surface area contributed by atoms with Crippen LogP contribution in [0, 0.1) is 0 Å². The highest BCUT2D eigenvalue weighted by molar-refractivity contribution is 5.92. The fourth-order valence-corrected chi connectivity index (χ4v) is 3.32. The van der Waals surface area contributed by atoms with E-state index in [1.54, 1.807) is 0 Å². The molecular weight excluding hydrogens is 328 g/mol. The Labute approximate surface area is 150 Å². The van der Waals surface area contributed by atoms with Gasteiger partial charge in [0.1, 0.15) is 5.69 Å². The summed E-state index contributed by atoms with van der Waals surface area (Å²) in [6.07, 6.45) is -0.415. The molecule has 1 aliphatic heterocycles. The van der Waals surface area contributed by atoms with E-state index in [1.807, 2.05) is 47.1 Å². The standard InChI is InChI=1S/C21H18N2O3/c1-2-6-15(7-3-1)14-23-17-9-5-4-8-16(17)20(22-23)18-10-11-19(26-18)21-24-12-13-25-21/h1-11,21H,12-14H2. The van der Waals surface area contributed by atoms with Crippen molar-refractivity contribution < 1.29 is 13.9 Å². The minimum absolute atomic E-state index is 0.415. The second-order valence-corrected chi connectivity index (χ2v) is 6.28. The zero-order chi connectivity index (χ0) is 17.3. The monoisotopic (exact) mass is 346 g/mol. The lowest BCUT2D eigenvalue weighted by Crippen LogP contribution is -2.01. The molecule has 130 valence electrons. The number of rotatable bonds is 4. The minimum Gasteiger partial charge on any atom is -0.454 e. The molecule has 26 heavy (non-hydrogen) atoms. The zero-order valence-corrected chi connectivity index (χ0v) is 14.2. The molecule has 0 radical (unpaired) electrons. The third-order valence-electron chi connectivity index (χ3n) is 4.55. The molecule has 0 saturated carbocycles. The Morgan fingerprint density at radius 3 is 2.50 bits per heavy atom. The van der Waals surface area contributed by atoms with Crippen LogP contribution in [0.3, 0.4) is 0 Å². The first kappa shape index (κ1) is 15.4. The first-order valence-electron chi connectivity index (χ1n) is 8.71. The van der Waals surface area contributed by atoms with Crippen molar-refractivity contribution >= 4 is 10.9 Å². The van der Waals surface area contributed by atoms with Crippen molar-refractivity contribution in [3.8, 4) is 11.5 Å². The van der Waals surface area contributed by atoms with Gasteiger partial charge in [-0.25, -0.2) is 0 Å². The van der Waals surface area contributed by atoms with Crippen LogP contribution < -0.4 is 0 Å². The number of ether oxygens (including phenoxy) is 2. The van der Waals surface area contributed by atoms with Crippen molar-refractivity contribution in [2.24, 2.45) is 0 Å². The summed E-state index contributed by atoms with van der Waals surface area (Å²) in [5.41, 5.74) is 3.12. The van der Waals surface area contributed by atoms with Crippen molar-refractivity contribution in [2.75, 3.05) is 13.2 Å². The molecule has 2 aromatic heterocycles. The molecule has 0 atom stereocenters. The highest BCUT2D eigenvalue weighted by Gasteiger charge is 2.23. The van der Waals surface area contributed by atoms with E-state index >= 15 is 0 Å². The first-order chi connectivity index (χ1) is 12.9. The van der Waals surface area contributed by atoms with Gasteiger partial charge >= 0.3 is 0 Å². The van der Waals surface area contributed by atoms with E-state index in [4.69, 9.17) is 19.0 Å². The summed E-state index contributed by atoms with van der Waals surface area (Å²) >= 11 is 0. The van der Waals surface area contributed by atoms with Gasteiger partial charge in [-0.2, -0.15) is 5.10 Å². The van der Waals surface area contributed by atoms with Crippen LogP contribution in [0.1, 0.15) is 17.6 Å². The van der Waals surface area contributed by atoms with Crippen molar-refractivity contribution in [3.05, 3.63) is 78.1 Å². The van der Waals surface area contributed by atoms with E-state index < -0.39 is 6.29 Å². The van der Waals surface area contributed by atoms with Gasteiger partial charge in [0, 0.05) is 5.39 Å². The Bertz CT molecular complexity index is 1030. The van der Waals surface area contributed by atoms with Crippen molar-refractivity contribution in [2.45, 2.75) is 12.8 Å². The number of hydrogen-bond acceptors (Lipinski definition) is 4. The number of para-hydroxylation sites is 1. The summed E-state index contributed by atoms with van der Waals surface area (Å²) < 4.78 is 19.1. The van der Waals surface area contributed by atoms with Gasteiger partial charge in [-0.3, -0.25) is 4.68 Å². The molecular formula is C21H18N2O3. The maximum atomic E-state index is 6.00. The van der Waals surface area contributed by atoms with Crippen LogP contribution in [-0.2, 0) is 16.0 Å². The Morgan fingerprint density at radius 1 is 0.885 bits per heavy atom. The van der Waals surface area contributed by atoms with Crippen LogP contribution in [0.2, 0.25) is 0 Å². The maximum absolute atomic E-state index is 6.00. The lowest BCUT2D eigenvalue weighted by Gasteiger charge is -2.04. The van der Waals surface area contributed by atoms with Crippen LogP contribution in [0.5, 0.6) is 0 Å². The Kier molecular flexibility index (Phi) is 3.81. The van der Waals surface area contributed by atoms with Gasteiger partial charge in [0.2, 0.25) is 6.29 Å². The van der Waals surface area contributed by atoms with Crippen molar-refractivity contribution in [1.29, 1.82) is 0 Å². The predicted octanol–water partition coefficient (Wildman–Crippen LogP) is 4.39. The summed E-state index contributed by atoms with van der Waals surface area (Å²) in [6.45, 7) is 1.90. The fourth-order valence-electron chi connectivity index (χ4n) is 3.32. The Morgan fingerprint density at radius 2 is 1.65 bits per heavy atom. The number of fused-ring (bicyclic) bond motifs is 1.